The van der Waals surface area contributed by atoms with Crippen LogP contribution >= 0.6 is 0 Å². The summed E-state index contributed by atoms with van der Waals surface area (Å²) in [5.41, 5.74) is 2.39. The number of nitrogens with one attached hydrogen (secondary N) is 1. The molecule has 0 radical (unpaired) electrons. The summed E-state index contributed by atoms with van der Waals surface area (Å²) in [7, 11) is 0. The summed E-state index contributed by atoms with van der Waals surface area (Å²) in [6, 6.07) is 1.72. The predicted octanol–water partition coefficient (Wildman–Crippen LogP) is 0.782. The maximum Gasteiger partial charge on any atom is 0.210 e. The molecule has 0 amide bonds. The Kier molecular flexibility index (Phi) is 1.73. The molecule has 0 saturated carbocycles. The van der Waals surface area contributed by atoms with Crippen LogP contribution in [-0.2, 0) is 0 Å². The summed E-state index contributed by atoms with van der Waals surface area (Å²) >= 11 is 0. The zero-order valence-corrected chi connectivity index (χ0v) is 7.04. The van der Waals surface area contributed by atoms with Crippen molar-refractivity contribution in [3.05, 3.63) is 23.4 Å². The highest BCUT2D eigenvalue weighted by molar-refractivity contribution is 5.32. The maximum atomic E-state index is 9.08. The highest BCUT2D eigenvalue weighted by Crippen LogP contribution is 2.23. The van der Waals surface area contributed by atoms with Gasteiger partial charge in [-0.25, -0.2) is 4.98 Å². The van der Waals surface area contributed by atoms with Crippen LogP contribution < -0.4 is 5.32 Å². The predicted molar refractivity (Wildman–Crippen MR) is 46.2 cm³/mol. The minimum Gasteiger partial charge on any atom is -0.493 e. The zero-order chi connectivity index (χ0) is 8.55. The van der Waals surface area contributed by atoms with Crippen molar-refractivity contribution >= 4 is 0 Å². The molecular weight excluding hydrogens is 152 g/mol. The Morgan fingerprint density at radius 2 is 2.33 bits per heavy atom. The second-order valence-electron chi connectivity index (χ2n) is 3.25. The Bertz CT molecular complexity index is 295. The Balaban J connectivity index is 2.31. The summed E-state index contributed by atoms with van der Waals surface area (Å²) < 4.78 is 0. The van der Waals surface area contributed by atoms with Crippen LogP contribution in [0.3, 0.4) is 0 Å². The summed E-state index contributed by atoms with van der Waals surface area (Å²) in [6.45, 7) is 4.08. The second kappa shape index (κ2) is 2.75. The van der Waals surface area contributed by atoms with Crippen molar-refractivity contribution in [2.45, 2.75) is 12.8 Å². The van der Waals surface area contributed by atoms with Crippen molar-refractivity contribution in [3.8, 4) is 5.88 Å². The van der Waals surface area contributed by atoms with E-state index in [-0.39, 0.29) is 5.88 Å². The molecule has 1 aliphatic heterocycles. The van der Waals surface area contributed by atoms with Gasteiger partial charge in [0, 0.05) is 31.3 Å². The number of aromatic nitrogens is 1. The van der Waals surface area contributed by atoms with Crippen LogP contribution in [0.5, 0.6) is 5.88 Å². The Hall–Kier alpha value is -1.09. The fourth-order valence-corrected chi connectivity index (χ4v) is 1.49. The van der Waals surface area contributed by atoms with Gasteiger partial charge in [0.1, 0.15) is 0 Å². The Morgan fingerprint density at radius 3 is 2.83 bits per heavy atom. The molecule has 0 aliphatic carbocycles. The highest BCUT2D eigenvalue weighted by atomic mass is 16.3. The largest absolute Gasteiger partial charge is 0.493 e. The molecule has 2 rings (SSSR count). The summed E-state index contributed by atoms with van der Waals surface area (Å²) in [5, 5.41) is 12.3. The van der Waals surface area contributed by atoms with Crippen molar-refractivity contribution in [1.29, 1.82) is 0 Å². The van der Waals surface area contributed by atoms with Gasteiger partial charge in [0.2, 0.25) is 5.88 Å². The van der Waals surface area contributed by atoms with Gasteiger partial charge in [-0.3, -0.25) is 0 Å². The van der Waals surface area contributed by atoms with E-state index in [1.807, 2.05) is 6.92 Å². The maximum absolute atomic E-state index is 9.08. The van der Waals surface area contributed by atoms with Crippen LogP contribution in [0.1, 0.15) is 17.0 Å². The van der Waals surface area contributed by atoms with E-state index in [4.69, 9.17) is 5.11 Å². The SMILES string of the molecule is Cc1cc(O)ncc1C1CNC1. The van der Waals surface area contributed by atoms with Gasteiger partial charge >= 0.3 is 0 Å². The number of nitrogens with zero attached hydrogens (tertiary/aromatic N) is 1. The van der Waals surface area contributed by atoms with Gasteiger partial charge in [0.05, 0.1) is 0 Å². The van der Waals surface area contributed by atoms with E-state index < -0.39 is 0 Å². The van der Waals surface area contributed by atoms with Crippen LogP contribution in [0, 0.1) is 6.92 Å². The first kappa shape index (κ1) is 7.55. The molecule has 2 N–H and O–H groups in total. The van der Waals surface area contributed by atoms with Crippen molar-refractivity contribution in [3.63, 3.8) is 0 Å². The van der Waals surface area contributed by atoms with Crippen LogP contribution in [-0.4, -0.2) is 23.2 Å². The lowest BCUT2D eigenvalue weighted by Crippen LogP contribution is -2.40. The van der Waals surface area contributed by atoms with E-state index in [0.29, 0.717) is 5.92 Å². The minimum absolute atomic E-state index is 0.114. The third kappa shape index (κ3) is 1.16. The molecule has 3 heteroatoms. The molecule has 64 valence electrons. The van der Waals surface area contributed by atoms with Gasteiger partial charge < -0.3 is 10.4 Å². The first-order valence-corrected chi connectivity index (χ1v) is 4.13. The molecule has 1 aromatic heterocycles. The quantitative estimate of drug-likeness (QED) is 0.644. The van der Waals surface area contributed by atoms with Crippen LogP contribution in [0.25, 0.3) is 0 Å². The average molecular weight is 164 g/mol. The molecule has 1 saturated heterocycles. The molecule has 0 atom stereocenters. The van der Waals surface area contributed by atoms with Crippen molar-refractivity contribution < 1.29 is 5.11 Å². The first-order valence-electron chi connectivity index (χ1n) is 4.13. The lowest BCUT2D eigenvalue weighted by molar-refractivity contribution is 0.435. The molecule has 12 heavy (non-hydrogen) atoms. The number of pyridine rings is 1. The summed E-state index contributed by atoms with van der Waals surface area (Å²) in [5.74, 6) is 0.710. The van der Waals surface area contributed by atoms with Crippen LogP contribution in [0.4, 0.5) is 0 Å². The number of hydrogen-bond donors (Lipinski definition) is 2. The molecule has 1 aromatic rings. The molecule has 0 spiro atoms. The Morgan fingerprint density at radius 1 is 1.58 bits per heavy atom. The van der Waals surface area contributed by atoms with Crippen molar-refractivity contribution in [1.82, 2.24) is 10.3 Å². The van der Waals surface area contributed by atoms with Gasteiger partial charge in [-0.1, -0.05) is 0 Å². The van der Waals surface area contributed by atoms with Gasteiger partial charge in [-0.05, 0) is 18.1 Å². The first-order chi connectivity index (χ1) is 5.77. The van der Waals surface area contributed by atoms with Crippen LogP contribution in [0.2, 0.25) is 0 Å². The molecule has 1 fully saturated rings. The molecule has 2 heterocycles. The number of hydrogen-bond acceptors (Lipinski definition) is 3. The van der Waals surface area contributed by atoms with E-state index in [9.17, 15) is 0 Å². The molecule has 0 unspecified atom stereocenters. The average Bonchev–Trinajstić information content (AvgIpc) is 1.91. The number of aryl methyl sites for hydroxylation is 1. The standard InChI is InChI=1S/C9H12N2O/c1-6-2-9(12)11-5-8(6)7-3-10-4-7/h2,5,7,10H,3-4H2,1H3,(H,11,12). The third-order valence-electron chi connectivity index (χ3n) is 2.36. The normalized spacial score (nSPS) is 17.4. The topological polar surface area (TPSA) is 45.2 Å². The third-order valence-corrected chi connectivity index (χ3v) is 2.36. The van der Waals surface area contributed by atoms with E-state index >= 15 is 0 Å². The molecule has 1 aliphatic rings. The highest BCUT2D eigenvalue weighted by Gasteiger charge is 2.20. The van der Waals surface area contributed by atoms with E-state index in [2.05, 4.69) is 10.3 Å². The molecular formula is C9H12N2O. The summed E-state index contributed by atoms with van der Waals surface area (Å²) in [6.07, 6.45) is 1.77. The van der Waals surface area contributed by atoms with E-state index in [1.165, 1.54) is 5.56 Å². The molecule has 0 aromatic carbocycles. The van der Waals surface area contributed by atoms with E-state index in [0.717, 1.165) is 18.7 Å². The number of rotatable bonds is 1. The Labute approximate surface area is 71.4 Å². The van der Waals surface area contributed by atoms with Gasteiger partial charge in [0.15, 0.2) is 0 Å². The van der Waals surface area contributed by atoms with Crippen LogP contribution in [0.15, 0.2) is 12.3 Å². The van der Waals surface area contributed by atoms with Crippen molar-refractivity contribution in [2.24, 2.45) is 0 Å². The number of aromatic hydroxyl groups is 1. The zero-order valence-electron chi connectivity index (χ0n) is 7.04. The lowest BCUT2D eigenvalue weighted by atomic mass is 9.92. The smallest absolute Gasteiger partial charge is 0.210 e. The fourth-order valence-electron chi connectivity index (χ4n) is 1.49. The van der Waals surface area contributed by atoms with Gasteiger partial charge in [-0.2, -0.15) is 0 Å². The molecule has 0 bridgehead atoms. The van der Waals surface area contributed by atoms with Gasteiger partial charge in [-0.15, -0.1) is 0 Å². The monoisotopic (exact) mass is 164 g/mol. The van der Waals surface area contributed by atoms with Gasteiger partial charge in [0.25, 0.3) is 0 Å². The second-order valence-corrected chi connectivity index (χ2v) is 3.25. The fraction of sp³-hybridized carbons (Fsp3) is 0.444. The summed E-state index contributed by atoms with van der Waals surface area (Å²) in [4.78, 5) is 3.87. The van der Waals surface area contributed by atoms with E-state index in [1.54, 1.807) is 12.3 Å². The molecule has 3 nitrogen and oxygen atoms in total. The lowest BCUT2D eigenvalue weighted by Gasteiger charge is -2.28. The minimum atomic E-state index is 0.114. The van der Waals surface area contributed by atoms with Crippen molar-refractivity contribution in [2.75, 3.05) is 13.1 Å².